The van der Waals surface area contributed by atoms with Gasteiger partial charge in [-0.3, -0.25) is 0 Å². The SMILES string of the molecule is CCN(C(C)C)S(=O)(=O)c1cc(C(=O)O)ccc1Cl. The minimum atomic E-state index is -3.80. The van der Waals surface area contributed by atoms with E-state index in [0.717, 1.165) is 6.07 Å². The Balaban J connectivity index is 3.43. The number of hydrogen-bond acceptors (Lipinski definition) is 3. The lowest BCUT2D eigenvalue weighted by Crippen LogP contribution is -2.36. The Hall–Kier alpha value is -1.11. The number of hydrogen-bond donors (Lipinski definition) is 1. The van der Waals surface area contributed by atoms with Crippen LogP contribution >= 0.6 is 11.6 Å². The molecule has 19 heavy (non-hydrogen) atoms. The van der Waals surface area contributed by atoms with E-state index >= 15 is 0 Å². The highest BCUT2D eigenvalue weighted by Crippen LogP contribution is 2.27. The van der Waals surface area contributed by atoms with E-state index in [1.165, 1.54) is 16.4 Å². The maximum absolute atomic E-state index is 12.4. The Bertz CT molecular complexity index is 583. The van der Waals surface area contributed by atoms with Crippen LogP contribution in [-0.4, -0.2) is 36.4 Å². The zero-order valence-corrected chi connectivity index (χ0v) is 12.5. The molecule has 0 saturated heterocycles. The highest BCUT2D eigenvalue weighted by atomic mass is 35.5. The molecule has 1 aromatic carbocycles. The normalized spacial score (nSPS) is 12.1. The highest BCUT2D eigenvalue weighted by Gasteiger charge is 2.28. The van der Waals surface area contributed by atoms with Crippen LogP contribution in [0.15, 0.2) is 23.1 Å². The summed E-state index contributed by atoms with van der Waals surface area (Å²) in [7, 11) is -3.80. The van der Waals surface area contributed by atoms with Crippen LogP contribution in [-0.2, 0) is 10.0 Å². The van der Waals surface area contributed by atoms with E-state index in [1.807, 2.05) is 0 Å². The third-order valence-corrected chi connectivity index (χ3v) is 5.28. The summed E-state index contributed by atoms with van der Waals surface area (Å²) in [5, 5.41) is 8.94. The van der Waals surface area contributed by atoms with E-state index in [1.54, 1.807) is 20.8 Å². The van der Waals surface area contributed by atoms with Gasteiger partial charge in [0.15, 0.2) is 0 Å². The first-order chi connectivity index (χ1) is 8.71. The van der Waals surface area contributed by atoms with E-state index in [4.69, 9.17) is 16.7 Å². The average Bonchev–Trinajstić information content (AvgIpc) is 2.28. The van der Waals surface area contributed by atoms with E-state index in [0.29, 0.717) is 0 Å². The summed E-state index contributed by atoms with van der Waals surface area (Å²) in [6.07, 6.45) is 0. The molecule has 1 N–H and O–H groups in total. The van der Waals surface area contributed by atoms with Crippen molar-refractivity contribution in [3.63, 3.8) is 0 Å². The van der Waals surface area contributed by atoms with Gasteiger partial charge in [0, 0.05) is 12.6 Å². The maximum Gasteiger partial charge on any atom is 0.335 e. The van der Waals surface area contributed by atoms with Gasteiger partial charge < -0.3 is 5.11 Å². The van der Waals surface area contributed by atoms with Crippen LogP contribution in [0.1, 0.15) is 31.1 Å². The molecule has 1 rings (SSSR count). The first-order valence-electron chi connectivity index (χ1n) is 5.76. The fourth-order valence-corrected chi connectivity index (χ4v) is 3.92. The zero-order valence-electron chi connectivity index (χ0n) is 10.9. The number of aromatic carboxylic acids is 1. The van der Waals surface area contributed by atoms with E-state index in [-0.39, 0.29) is 28.1 Å². The highest BCUT2D eigenvalue weighted by molar-refractivity contribution is 7.89. The van der Waals surface area contributed by atoms with Gasteiger partial charge in [-0.05, 0) is 32.0 Å². The fraction of sp³-hybridized carbons (Fsp3) is 0.417. The molecular weight excluding hydrogens is 290 g/mol. The molecule has 0 aliphatic rings. The minimum absolute atomic E-state index is 0.0177. The van der Waals surface area contributed by atoms with Crippen LogP contribution in [0.5, 0.6) is 0 Å². The maximum atomic E-state index is 12.4. The van der Waals surface area contributed by atoms with Crippen LogP contribution in [0.4, 0.5) is 0 Å². The molecule has 0 unspecified atom stereocenters. The molecule has 0 bridgehead atoms. The third-order valence-electron chi connectivity index (χ3n) is 2.65. The molecule has 7 heteroatoms. The van der Waals surface area contributed by atoms with E-state index in [2.05, 4.69) is 0 Å². The Labute approximate surface area is 117 Å². The topological polar surface area (TPSA) is 74.7 Å². The lowest BCUT2D eigenvalue weighted by atomic mass is 10.2. The van der Waals surface area contributed by atoms with Gasteiger partial charge >= 0.3 is 5.97 Å². The number of halogens is 1. The molecule has 0 atom stereocenters. The van der Waals surface area contributed by atoms with Gasteiger partial charge in [0.25, 0.3) is 0 Å². The average molecular weight is 306 g/mol. The Kier molecular flexibility index (Phi) is 4.95. The number of sulfonamides is 1. The van der Waals surface area contributed by atoms with E-state index < -0.39 is 16.0 Å². The monoisotopic (exact) mass is 305 g/mol. The van der Waals surface area contributed by atoms with Gasteiger partial charge in [0.05, 0.1) is 10.6 Å². The molecule has 106 valence electrons. The van der Waals surface area contributed by atoms with Crippen LogP contribution in [0.2, 0.25) is 5.02 Å². The lowest BCUT2D eigenvalue weighted by Gasteiger charge is -2.24. The molecule has 0 spiro atoms. The quantitative estimate of drug-likeness (QED) is 0.906. The summed E-state index contributed by atoms with van der Waals surface area (Å²) in [5.74, 6) is -1.19. The number of benzene rings is 1. The third kappa shape index (κ3) is 3.26. The number of carbonyl (C=O) groups is 1. The number of rotatable bonds is 5. The van der Waals surface area contributed by atoms with Gasteiger partial charge in [-0.2, -0.15) is 4.31 Å². The molecule has 0 fully saturated rings. The van der Waals surface area contributed by atoms with Crippen molar-refractivity contribution in [1.82, 2.24) is 4.31 Å². The van der Waals surface area contributed by atoms with Gasteiger partial charge in [0.2, 0.25) is 10.0 Å². The van der Waals surface area contributed by atoms with Crippen LogP contribution in [0, 0.1) is 0 Å². The van der Waals surface area contributed by atoms with Gasteiger partial charge in [-0.25, -0.2) is 13.2 Å². The second kappa shape index (κ2) is 5.90. The molecule has 0 aromatic heterocycles. The van der Waals surface area contributed by atoms with Gasteiger partial charge in [-0.1, -0.05) is 18.5 Å². The van der Waals surface area contributed by atoms with Crippen LogP contribution in [0.25, 0.3) is 0 Å². The van der Waals surface area contributed by atoms with Crippen molar-refractivity contribution >= 4 is 27.6 Å². The largest absolute Gasteiger partial charge is 0.478 e. The first kappa shape index (κ1) is 15.9. The fourth-order valence-electron chi connectivity index (χ4n) is 1.77. The smallest absolute Gasteiger partial charge is 0.335 e. The number of carboxylic acid groups (broad SMARTS) is 1. The molecule has 0 radical (unpaired) electrons. The molecule has 5 nitrogen and oxygen atoms in total. The van der Waals surface area contributed by atoms with Gasteiger partial charge in [-0.15, -0.1) is 0 Å². The minimum Gasteiger partial charge on any atom is -0.478 e. The van der Waals surface area contributed by atoms with Crippen molar-refractivity contribution in [3.8, 4) is 0 Å². The number of nitrogens with zero attached hydrogens (tertiary/aromatic N) is 1. The second-order valence-electron chi connectivity index (χ2n) is 4.25. The van der Waals surface area contributed by atoms with Crippen molar-refractivity contribution in [1.29, 1.82) is 0 Å². The summed E-state index contributed by atoms with van der Waals surface area (Å²) in [4.78, 5) is 10.7. The summed E-state index contributed by atoms with van der Waals surface area (Å²) >= 11 is 5.89. The Morgan fingerprint density at radius 2 is 2.00 bits per heavy atom. The molecular formula is C12H16ClNO4S. The van der Waals surface area contributed by atoms with Crippen molar-refractivity contribution < 1.29 is 18.3 Å². The molecule has 0 aliphatic heterocycles. The molecule has 1 aromatic rings. The zero-order chi connectivity index (χ0) is 14.8. The Morgan fingerprint density at radius 3 is 2.42 bits per heavy atom. The van der Waals surface area contributed by atoms with Crippen molar-refractivity contribution in [2.45, 2.75) is 31.7 Å². The molecule has 0 aliphatic carbocycles. The summed E-state index contributed by atoms with van der Waals surface area (Å²) in [6, 6.07) is 3.41. The second-order valence-corrected chi connectivity index (χ2v) is 6.52. The first-order valence-corrected chi connectivity index (χ1v) is 7.58. The predicted octanol–water partition coefficient (Wildman–Crippen LogP) is 2.46. The Morgan fingerprint density at radius 1 is 1.42 bits per heavy atom. The van der Waals surface area contributed by atoms with Crippen LogP contribution < -0.4 is 0 Å². The molecule has 0 saturated carbocycles. The molecule has 0 heterocycles. The van der Waals surface area contributed by atoms with Gasteiger partial charge in [0.1, 0.15) is 4.90 Å². The number of carboxylic acids is 1. The summed E-state index contributed by atoms with van der Waals surface area (Å²) < 4.78 is 26.2. The van der Waals surface area contributed by atoms with Crippen molar-refractivity contribution in [3.05, 3.63) is 28.8 Å². The van der Waals surface area contributed by atoms with Crippen LogP contribution in [0.3, 0.4) is 0 Å². The lowest BCUT2D eigenvalue weighted by molar-refractivity contribution is 0.0696. The predicted molar refractivity (Wildman–Crippen MR) is 73.1 cm³/mol. The van der Waals surface area contributed by atoms with Crippen molar-refractivity contribution in [2.24, 2.45) is 0 Å². The molecule has 0 amide bonds. The summed E-state index contributed by atoms with van der Waals surface area (Å²) in [5.41, 5.74) is -0.109. The standard InChI is InChI=1S/C12H16ClNO4S/c1-4-14(8(2)3)19(17,18)11-7-9(12(15)16)5-6-10(11)13/h5-8H,4H2,1-3H3,(H,15,16). The van der Waals surface area contributed by atoms with E-state index in [9.17, 15) is 13.2 Å². The van der Waals surface area contributed by atoms with Crippen molar-refractivity contribution in [2.75, 3.05) is 6.54 Å². The summed E-state index contributed by atoms with van der Waals surface area (Å²) in [6.45, 7) is 5.49.